The van der Waals surface area contributed by atoms with Crippen molar-refractivity contribution >= 4 is 11.9 Å². The van der Waals surface area contributed by atoms with Gasteiger partial charge < -0.3 is 10.2 Å². The smallest absolute Gasteiger partial charge is 0.307 e. The van der Waals surface area contributed by atoms with Gasteiger partial charge in [0.1, 0.15) is 18.4 Å². The Kier molecular flexibility index (Phi) is 4.04. The fraction of sp³-hybridized carbons (Fsp3) is 0.500. The van der Waals surface area contributed by atoms with Crippen LogP contribution in [0.15, 0.2) is 12.5 Å². The van der Waals surface area contributed by atoms with E-state index in [0.717, 1.165) is 5.69 Å². The Bertz CT molecular complexity index is 398. The SMILES string of the molecule is Cn1c[n+](CCC(=O)O)cc1CCC(=O)O. The highest BCUT2D eigenvalue weighted by molar-refractivity contribution is 5.67. The van der Waals surface area contributed by atoms with Gasteiger partial charge in [-0.25, -0.2) is 9.13 Å². The van der Waals surface area contributed by atoms with E-state index in [-0.39, 0.29) is 12.8 Å². The van der Waals surface area contributed by atoms with E-state index in [2.05, 4.69) is 0 Å². The maximum atomic E-state index is 10.4. The molecular formula is C10H15N2O4+. The van der Waals surface area contributed by atoms with Gasteiger partial charge in [-0.15, -0.1) is 0 Å². The van der Waals surface area contributed by atoms with Crippen LogP contribution in [0.25, 0.3) is 0 Å². The van der Waals surface area contributed by atoms with Gasteiger partial charge in [0, 0.05) is 6.42 Å². The first kappa shape index (κ1) is 12.2. The molecule has 1 aromatic rings. The predicted molar refractivity (Wildman–Crippen MR) is 53.8 cm³/mol. The second kappa shape index (κ2) is 5.29. The number of hydrogen-bond acceptors (Lipinski definition) is 2. The second-order valence-corrected chi connectivity index (χ2v) is 3.62. The third-order valence-corrected chi connectivity index (χ3v) is 2.27. The highest BCUT2D eigenvalue weighted by Gasteiger charge is 2.12. The Labute approximate surface area is 92.7 Å². The summed E-state index contributed by atoms with van der Waals surface area (Å²) in [7, 11) is 1.81. The normalized spacial score (nSPS) is 10.3. The Morgan fingerprint density at radius 2 is 1.94 bits per heavy atom. The van der Waals surface area contributed by atoms with Gasteiger partial charge in [0.2, 0.25) is 6.33 Å². The highest BCUT2D eigenvalue weighted by atomic mass is 16.4. The minimum atomic E-state index is -0.844. The third-order valence-electron chi connectivity index (χ3n) is 2.27. The van der Waals surface area contributed by atoms with E-state index < -0.39 is 11.9 Å². The van der Waals surface area contributed by atoms with Gasteiger partial charge in [0.15, 0.2) is 0 Å². The summed E-state index contributed by atoms with van der Waals surface area (Å²) in [6.45, 7) is 0.399. The molecule has 0 bridgehead atoms. The molecular weight excluding hydrogens is 212 g/mol. The lowest BCUT2D eigenvalue weighted by molar-refractivity contribution is -0.695. The van der Waals surface area contributed by atoms with Crippen LogP contribution in [0.2, 0.25) is 0 Å². The molecule has 16 heavy (non-hydrogen) atoms. The summed E-state index contributed by atoms with van der Waals surface area (Å²) in [6.07, 6.45) is 4.14. The van der Waals surface area contributed by atoms with Gasteiger partial charge in [0.25, 0.3) is 0 Å². The first-order valence-corrected chi connectivity index (χ1v) is 4.97. The lowest BCUT2D eigenvalue weighted by Gasteiger charge is -1.91. The van der Waals surface area contributed by atoms with E-state index in [4.69, 9.17) is 10.2 Å². The third kappa shape index (κ3) is 3.72. The molecule has 0 aliphatic carbocycles. The zero-order valence-electron chi connectivity index (χ0n) is 9.09. The van der Waals surface area contributed by atoms with Crippen molar-refractivity contribution in [1.82, 2.24) is 4.57 Å². The van der Waals surface area contributed by atoms with E-state index in [9.17, 15) is 9.59 Å². The molecule has 0 radical (unpaired) electrons. The van der Waals surface area contributed by atoms with Gasteiger partial charge in [-0.1, -0.05) is 0 Å². The Balaban J connectivity index is 2.59. The Morgan fingerprint density at radius 1 is 1.31 bits per heavy atom. The number of aryl methyl sites for hydroxylation is 3. The van der Waals surface area contributed by atoms with E-state index in [1.54, 1.807) is 17.1 Å². The van der Waals surface area contributed by atoms with Gasteiger partial charge >= 0.3 is 11.9 Å². The number of hydrogen-bond donors (Lipinski definition) is 2. The zero-order valence-corrected chi connectivity index (χ0v) is 9.09. The topological polar surface area (TPSA) is 83.4 Å². The van der Waals surface area contributed by atoms with E-state index in [1.165, 1.54) is 0 Å². The standard InChI is InChI=1S/C10H14N2O4/c1-11-7-12(5-4-10(15)16)6-8(11)2-3-9(13)14/h6-7H,2-5H2,1H3,(H-,13,14,15,16)/p+1. The van der Waals surface area contributed by atoms with Gasteiger partial charge in [-0.05, 0) is 0 Å². The van der Waals surface area contributed by atoms with Crippen molar-refractivity contribution in [3.05, 3.63) is 18.2 Å². The Hall–Kier alpha value is -1.85. The molecule has 0 aromatic carbocycles. The number of carboxylic acids is 2. The van der Waals surface area contributed by atoms with Crippen LogP contribution in [-0.4, -0.2) is 26.7 Å². The molecule has 6 heteroatoms. The highest BCUT2D eigenvalue weighted by Crippen LogP contribution is 2.00. The summed E-state index contributed by atoms with van der Waals surface area (Å²) in [5.41, 5.74) is 0.882. The van der Waals surface area contributed by atoms with Crippen molar-refractivity contribution in [2.24, 2.45) is 7.05 Å². The molecule has 1 aromatic heterocycles. The fourth-order valence-corrected chi connectivity index (χ4v) is 1.44. The molecule has 1 rings (SSSR count). The molecule has 0 atom stereocenters. The summed E-state index contributed by atoms with van der Waals surface area (Å²) in [5, 5.41) is 17.1. The minimum Gasteiger partial charge on any atom is -0.481 e. The number of rotatable bonds is 6. The molecule has 88 valence electrons. The fourth-order valence-electron chi connectivity index (χ4n) is 1.44. The van der Waals surface area contributed by atoms with E-state index in [0.29, 0.717) is 13.0 Å². The van der Waals surface area contributed by atoms with Crippen LogP contribution in [0, 0.1) is 0 Å². The van der Waals surface area contributed by atoms with Gasteiger partial charge in [0.05, 0.1) is 19.9 Å². The maximum Gasteiger partial charge on any atom is 0.307 e. The number of aliphatic carboxylic acids is 2. The van der Waals surface area contributed by atoms with Crippen molar-refractivity contribution in [2.45, 2.75) is 25.8 Å². The number of aromatic nitrogens is 2. The summed E-state index contributed by atoms with van der Waals surface area (Å²) in [6, 6.07) is 0. The molecule has 0 amide bonds. The van der Waals surface area contributed by atoms with Crippen molar-refractivity contribution in [2.75, 3.05) is 0 Å². The largest absolute Gasteiger partial charge is 0.481 e. The average molecular weight is 227 g/mol. The first-order chi connectivity index (χ1) is 7.49. The maximum absolute atomic E-state index is 10.4. The second-order valence-electron chi connectivity index (χ2n) is 3.62. The number of imidazole rings is 1. The number of nitrogens with zero attached hydrogens (tertiary/aromatic N) is 2. The van der Waals surface area contributed by atoms with Crippen molar-refractivity contribution in [3.63, 3.8) is 0 Å². The number of carbonyl (C=O) groups is 2. The van der Waals surface area contributed by atoms with Crippen LogP contribution in [0.5, 0.6) is 0 Å². The van der Waals surface area contributed by atoms with Crippen LogP contribution in [0.4, 0.5) is 0 Å². The van der Waals surface area contributed by atoms with Crippen LogP contribution < -0.4 is 4.57 Å². The summed E-state index contributed by atoms with van der Waals surface area (Å²) in [5.74, 6) is -1.68. The molecule has 0 fully saturated rings. The average Bonchev–Trinajstić information content (AvgIpc) is 2.53. The molecule has 0 spiro atoms. The van der Waals surface area contributed by atoms with Crippen molar-refractivity contribution in [3.8, 4) is 0 Å². The van der Waals surface area contributed by atoms with Crippen LogP contribution in [0.1, 0.15) is 18.5 Å². The van der Waals surface area contributed by atoms with Crippen molar-refractivity contribution < 1.29 is 24.4 Å². The summed E-state index contributed by atoms with van der Waals surface area (Å²) < 4.78 is 3.57. The van der Waals surface area contributed by atoms with Crippen molar-refractivity contribution in [1.29, 1.82) is 0 Å². The Morgan fingerprint density at radius 3 is 2.50 bits per heavy atom. The predicted octanol–water partition coefficient (Wildman–Crippen LogP) is -0.195. The van der Waals surface area contributed by atoms with E-state index >= 15 is 0 Å². The number of carboxylic acid groups (broad SMARTS) is 2. The quantitative estimate of drug-likeness (QED) is 0.659. The monoisotopic (exact) mass is 227 g/mol. The molecule has 0 aliphatic heterocycles. The molecule has 6 nitrogen and oxygen atoms in total. The minimum absolute atomic E-state index is 0.0626. The van der Waals surface area contributed by atoms with Crippen LogP contribution in [-0.2, 0) is 29.6 Å². The van der Waals surface area contributed by atoms with Crippen LogP contribution in [0.3, 0.4) is 0 Å². The van der Waals surface area contributed by atoms with Gasteiger partial charge in [-0.2, -0.15) is 0 Å². The summed E-state index contributed by atoms with van der Waals surface area (Å²) >= 11 is 0. The van der Waals surface area contributed by atoms with E-state index in [1.807, 2.05) is 11.6 Å². The summed E-state index contributed by atoms with van der Waals surface area (Å²) in [4.78, 5) is 20.8. The zero-order chi connectivity index (χ0) is 12.1. The molecule has 0 saturated heterocycles. The first-order valence-electron chi connectivity index (χ1n) is 4.97. The molecule has 1 heterocycles. The molecule has 0 unspecified atom stereocenters. The van der Waals surface area contributed by atoms with Crippen LogP contribution >= 0.6 is 0 Å². The lowest BCUT2D eigenvalue weighted by atomic mass is 10.2. The molecule has 0 aliphatic rings. The molecule has 0 saturated carbocycles. The van der Waals surface area contributed by atoms with Gasteiger partial charge in [-0.3, -0.25) is 9.59 Å². The lowest BCUT2D eigenvalue weighted by Crippen LogP contribution is -2.32. The molecule has 2 N–H and O–H groups in total.